The number of unbranched alkanes of at least 4 members (excludes halogenated alkanes) is 11. The van der Waals surface area contributed by atoms with Crippen LogP contribution in [0.25, 0.3) is 0 Å². The van der Waals surface area contributed by atoms with Crippen LogP contribution in [0.3, 0.4) is 0 Å². The molecule has 0 aliphatic carbocycles. The third-order valence-electron chi connectivity index (χ3n) is 3.67. The summed E-state index contributed by atoms with van der Waals surface area (Å²) in [6, 6.07) is 0. The van der Waals surface area contributed by atoms with Crippen molar-refractivity contribution in [2.24, 2.45) is 0 Å². The Bertz CT molecular complexity index is 219. The smallest absolute Gasteiger partial charge is 0.332 e. The number of aliphatic hydroxyl groups excluding tert-OH is 2. The molecule has 0 spiro atoms. The molecule has 3 N–H and O–H groups in total. The lowest BCUT2D eigenvalue weighted by molar-refractivity contribution is -0.146. The molecular formula is C16H32O4. The van der Waals surface area contributed by atoms with E-state index in [-0.39, 0.29) is 0 Å². The minimum atomic E-state index is -1.18. The molecule has 0 rings (SSSR count). The van der Waals surface area contributed by atoms with Gasteiger partial charge in [0, 0.05) is 6.61 Å². The lowest BCUT2D eigenvalue weighted by atomic mass is 10.0. The minimum absolute atomic E-state index is 0.323. The Morgan fingerprint density at radius 3 is 1.40 bits per heavy atom. The zero-order chi connectivity index (χ0) is 15.1. The second-order valence-electron chi connectivity index (χ2n) is 5.61. The Morgan fingerprint density at radius 1 is 0.700 bits per heavy atom. The maximum Gasteiger partial charge on any atom is 0.332 e. The van der Waals surface area contributed by atoms with E-state index in [0.717, 1.165) is 32.1 Å². The van der Waals surface area contributed by atoms with Crippen molar-refractivity contribution in [1.82, 2.24) is 0 Å². The average Bonchev–Trinajstić information content (AvgIpc) is 2.43. The van der Waals surface area contributed by atoms with Crippen LogP contribution in [0, 0.1) is 0 Å². The van der Waals surface area contributed by atoms with Gasteiger partial charge in [0.2, 0.25) is 0 Å². The average molecular weight is 288 g/mol. The molecule has 4 heteroatoms. The van der Waals surface area contributed by atoms with Gasteiger partial charge in [-0.05, 0) is 12.8 Å². The highest BCUT2D eigenvalue weighted by Crippen LogP contribution is 2.13. The lowest BCUT2D eigenvalue weighted by Gasteiger charge is -2.05. The van der Waals surface area contributed by atoms with E-state index in [9.17, 15) is 4.79 Å². The standard InChI is InChI=1S/C16H32O4/c17-14-12-10-8-6-4-2-1-3-5-7-9-11-13-15(18)16(19)20/h15,17-18H,1-14H2,(H,19,20). The van der Waals surface area contributed by atoms with E-state index in [1.165, 1.54) is 44.9 Å². The van der Waals surface area contributed by atoms with Crippen LogP contribution in [-0.4, -0.2) is 34.0 Å². The lowest BCUT2D eigenvalue weighted by Crippen LogP contribution is -2.18. The molecule has 120 valence electrons. The van der Waals surface area contributed by atoms with Crippen LogP contribution < -0.4 is 0 Å². The van der Waals surface area contributed by atoms with Crippen LogP contribution in [0.1, 0.15) is 83.5 Å². The Kier molecular flexibility index (Phi) is 14.3. The molecule has 0 fully saturated rings. The highest BCUT2D eigenvalue weighted by Gasteiger charge is 2.11. The molecule has 0 radical (unpaired) electrons. The van der Waals surface area contributed by atoms with Crippen molar-refractivity contribution in [3.05, 3.63) is 0 Å². The number of hydrogen-bond acceptors (Lipinski definition) is 3. The first-order valence-electron chi connectivity index (χ1n) is 8.20. The predicted molar refractivity (Wildman–Crippen MR) is 80.7 cm³/mol. The molecule has 1 unspecified atom stereocenters. The summed E-state index contributed by atoms with van der Waals surface area (Å²) in [7, 11) is 0. The number of hydrogen-bond donors (Lipinski definition) is 3. The molecule has 0 aliphatic heterocycles. The first-order chi connectivity index (χ1) is 9.68. The predicted octanol–water partition coefficient (Wildman–Crippen LogP) is 3.50. The van der Waals surface area contributed by atoms with Crippen molar-refractivity contribution >= 4 is 5.97 Å². The first kappa shape index (κ1) is 19.4. The second kappa shape index (κ2) is 14.8. The Labute approximate surface area is 123 Å². The summed E-state index contributed by atoms with van der Waals surface area (Å²) in [4.78, 5) is 10.4. The van der Waals surface area contributed by atoms with Gasteiger partial charge in [-0.3, -0.25) is 0 Å². The van der Waals surface area contributed by atoms with E-state index < -0.39 is 12.1 Å². The fraction of sp³-hybridized carbons (Fsp3) is 0.938. The van der Waals surface area contributed by atoms with Crippen molar-refractivity contribution < 1.29 is 20.1 Å². The quantitative estimate of drug-likeness (QED) is 0.403. The molecular weight excluding hydrogens is 256 g/mol. The maximum absolute atomic E-state index is 10.4. The minimum Gasteiger partial charge on any atom is -0.479 e. The van der Waals surface area contributed by atoms with E-state index in [4.69, 9.17) is 15.3 Å². The fourth-order valence-corrected chi connectivity index (χ4v) is 2.34. The molecule has 0 saturated heterocycles. The number of carbonyl (C=O) groups is 1. The molecule has 0 aromatic rings. The summed E-state index contributed by atoms with van der Waals surface area (Å²) in [6.07, 6.45) is 13.2. The fourth-order valence-electron chi connectivity index (χ4n) is 2.34. The van der Waals surface area contributed by atoms with Crippen LogP contribution >= 0.6 is 0 Å². The third kappa shape index (κ3) is 13.8. The highest BCUT2D eigenvalue weighted by molar-refractivity contribution is 5.71. The van der Waals surface area contributed by atoms with Crippen molar-refractivity contribution in [1.29, 1.82) is 0 Å². The van der Waals surface area contributed by atoms with Gasteiger partial charge in [0.15, 0.2) is 6.10 Å². The first-order valence-corrected chi connectivity index (χ1v) is 8.20. The molecule has 0 amide bonds. The normalized spacial score (nSPS) is 12.5. The zero-order valence-electron chi connectivity index (χ0n) is 12.7. The van der Waals surface area contributed by atoms with Crippen molar-refractivity contribution in [3.8, 4) is 0 Å². The highest BCUT2D eigenvalue weighted by atomic mass is 16.4. The third-order valence-corrected chi connectivity index (χ3v) is 3.67. The summed E-state index contributed by atoms with van der Waals surface area (Å²) in [5.41, 5.74) is 0. The van der Waals surface area contributed by atoms with Crippen LogP contribution in [0.2, 0.25) is 0 Å². The summed E-state index contributed by atoms with van der Waals surface area (Å²) in [6.45, 7) is 0.323. The Morgan fingerprint density at radius 2 is 1.05 bits per heavy atom. The van der Waals surface area contributed by atoms with Gasteiger partial charge in [-0.25, -0.2) is 4.79 Å². The van der Waals surface area contributed by atoms with E-state index in [2.05, 4.69) is 0 Å². The SMILES string of the molecule is O=C(O)C(O)CCCCCCCCCCCCCCO. The molecule has 0 heterocycles. The van der Waals surface area contributed by atoms with Gasteiger partial charge in [0.05, 0.1) is 0 Å². The number of carboxylic acid groups (broad SMARTS) is 1. The molecule has 20 heavy (non-hydrogen) atoms. The summed E-state index contributed by atoms with van der Waals surface area (Å²) in [5.74, 6) is -1.11. The summed E-state index contributed by atoms with van der Waals surface area (Å²) in [5, 5.41) is 26.2. The Balaban J connectivity index is 3.04. The van der Waals surface area contributed by atoms with Gasteiger partial charge < -0.3 is 15.3 Å². The number of aliphatic carboxylic acids is 1. The molecule has 0 aromatic carbocycles. The summed E-state index contributed by atoms with van der Waals surface area (Å²) < 4.78 is 0. The van der Waals surface area contributed by atoms with Crippen LogP contribution in [-0.2, 0) is 4.79 Å². The molecule has 0 aliphatic rings. The van der Waals surface area contributed by atoms with Crippen molar-refractivity contribution in [2.45, 2.75) is 89.6 Å². The number of carboxylic acids is 1. The van der Waals surface area contributed by atoms with E-state index in [1.54, 1.807) is 0 Å². The number of aliphatic hydroxyl groups is 2. The van der Waals surface area contributed by atoms with Gasteiger partial charge in [0.1, 0.15) is 0 Å². The van der Waals surface area contributed by atoms with Crippen molar-refractivity contribution in [3.63, 3.8) is 0 Å². The van der Waals surface area contributed by atoms with Crippen LogP contribution in [0.15, 0.2) is 0 Å². The largest absolute Gasteiger partial charge is 0.479 e. The van der Waals surface area contributed by atoms with E-state index in [0.29, 0.717) is 13.0 Å². The molecule has 0 saturated carbocycles. The topological polar surface area (TPSA) is 77.8 Å². The van der Waals surface area contributed by atoms with Gasteiger partial charge in [0.25, 0.3) is 0 Å². The van der Waals surface area contributed by atoms with Gasteiger partial charge in [-0.1, -0.05) is 70.6 Å². The molecule has 4 nitrogen and oxygen atoms in total. The Hall–Kier alpha value is -0.610. The van der Waals surface area contributed by atoms with Crippen molar-refractivity contribution in [2.75, 3.05) is 6.61 Å². The second-order valence-corrected chi connectivity index (χ2v) is 5.61. The van der Waals surface area contributed by atoms with Gasteiger partial charge in [-0.2, -0.15) is 0 Å². The summed E-state index contributed by atoms with van der Waals surface area (Å²) >= 11 is 0. The van der Waals surface area contributed by atoms with E-state index in [1.807, 2.05) is 0 Å². The van der Waals surface area contributed by atoms with Gasteiger partial charge >= 0.3 is 5.97 Å². The molecule has 1 atom stereocenters. The van der Waals surface area contributed by atoms with E-state index >= 15 is 0 Å². The van der Waals surface area contributed by atoms with Gasteiger partial charge in [-0.15, -0.1) is 0 Å². The zero-order valence-corrected chi connectivity index (χ0v) is 12.7. The molecule has 0 bridgehead atoms. The molecule has 0 aromatic heterocycles. The number of rotatable bonds is 15. The van der Waals surface area contributed by atoms with Crippen LogP contribution in [0.5, 0.6) is 0 Å². The monoisotopic (exact) mass is 288 g/mol. The van der Waals surface area contributed by atoms with Crippen LogP contribution in [0.4, 0.5) is 0 Å². The maximum atomic E-state index is 10.4.